The number of rotatable bonds is 4. The molecule has 0 fully saturated rings. The summed E-state index contributed by atoms with van der Waals surface area (Å²) in [5, 5.41) is 2.49. The highest BCUT2D eigenvalue weighted by Gasteiger charge is 2.20. The average Bonchev–Trinajstić information content (AvgIpc) is 3.20. The van der Waals surface area contributed by atoms with E-state index in [1.54, 1.807) is 24.0 Å². The number of hydrogen-bond donors (Lipinski definition) is 1. The van der Waals surface area contributed by atoms with Crippen LogP contribution in [0.2, 0.25) is 0 Å². The Morgan fingerprint density at radius 3 is 2.75 bits per heavy atom. The molecule has 0 atom stereocenters. The van der Waals surface area contributed by atoms with Crippen molar-refractivity contribution >= 4 is 17.2 Å². The van der Waals surface area contributed by atoms with Crippen molar-refractivity contribution < 1.29 is 4.42 Å². The lowest BCUT2D eigenvalue weighted by Gasteiger charge is -2.15. The maximum atomic E-state index is 12.6. The van der Waals surface area contributed by atoms with Gasteiger partial charge >= 0.3 is 5.69 Å². The first-order valence-corrected chi connectivity index (χ1v) is 8.36. The van der Waals surface area contributed by atoms with Crippen molar-refractivity contribution in [3.05, 3.63) is 44.8 Å². The van der Waals surface area contributed by atoms with Gasteiger partial charge in [-0.3, -0.25) is 13.9 Å². The minimum atomic E-state index is -0.443. The highest BCUT2D eigenvalue weighted by molar-refractivity contribution is 7.13. The van der Waals surface area contributed by atoms with Crippen LogP contribution in [0.25, 0.3) is 21.8 Å². The Labute approximate surface area is 142 Å². The van der Waals surface area contributed by atoms with Gasteiger partial charge in [0.1, 0.15) is 22.7 Å². The Kier molecular flexibility index (Phi) is 4.15. The molecule has 0 aliphatic carbocycles. The van der Waals surface area contributed by atoms with Crippen LogP contribution in [0.5, 0.6) is 0 Å². The predicted molar refractivity (Wildman–Crippen MR) is 94.0 cm³/mol. The zero-order chi connectivity index (χ0) is 17.4. The van der Waals surface area contributed by atoms with E-state index in [9.17, 15) is 9.59 Å². The molecule has 24 heavy (non-hydrogen) atoms. The largest absolute Gasteiger partial charge is 0.472 e. The third-order valence-corrected chi connectivity index (χ3v) is 4.55. The summed E-state index contributed by atoms with van der Waals surface area (Å²) in [5.41, 5.74) is 6.85. The molecule has 0 spiro atoms. The first-order chi connectivity index (χ1) is 11.4. The van der Waals surface area contributed by atoms with Crippen molar-refractivity contribution in [1.82, 2.24) is 14.1 Å². The second-order valence-corrected chi connectivity index (χ2v) is 6.82. The minimum absolute atomic E-state index is 0.154. The SMILES string of the molecule is CC(C)Cn1c(N)c(-c2csc(-c3ccoc3)n2)c(=O)n(C)c1=O. The van der Waals surface area contributed by atoms with Crippen molar-refractivity contribution in [2.24, 2.45) is 13.0 Å². The highest BCUT2D eigenvalue weighted by atomic mass is 32.1. The maximum Gasteiger partial charge on any atom is 0.332 e. The summed E-state index contributed by atoms with van der Waals surface area (Å²) in [6.45, 7) is 4.40. The number of furan rings is 1. The smallest absolute Gasteiger partial charge is 0.332 e. The Hall–Kier alpha value is -2.61. The lowest BCUT2D eigenvalue weighted by Crippen LogP contribution is -2.41. The summed E-state index contributed by atoms with van der Waals surface area (Å²) in [5.74, 6) is 0.369. The van der Waals surface area contributed by atoms with Crippen molar-refractivity contribution in [2.75, 3.05) is 5.73 Å². The third kappa shape index (κ3) is 2.69. The molecule has 0 amide bonds. The van der Waals surface area contributed by atoms with Gasteiger partial charge in [-0.05, 0) is 12.0 Å². The molecule has 3 aromatic heterocycles. The van der Waals surface area contributed by atoms with Crippen molar-refractivity contribution in [3.63, 3.8) is 0 Å². The average molecular weight is 346 g/mol. The van der Waals surface area contributed by atoms with Gasteiger partial charge in [-0.25, -0.2) is 9.78 Å². The summed E-state index contributed by atoms with van der Waals surface area (Å²) in [6.07, 6.45) is 3.15. The van der Waals surface area contributed by atoms with E-state index in [4.69, 9.17) is 10.2 Å². The molecule has 0 aliphatic rings. The second kappa shape index (κ2) is 6.12. The van der Waals surface area contributed by atoms with Crippen molar-refractivity contribution in [2.45, 2.75) is 20.4 Å². The summed E-state index contributed by atoms with van der Waals surface area (Å²) < 4.78 is 7.56. The van der Waals surface area contributed by atoms with Gasteiger partial charge in [0.25, 0.3) is 5.56 Å². The lowest BCUT2D eigenvalue weighted by molar-refractivity contribution is 0.494. The molecule has 2 N–H and O–H groups in total. The van der Waals surface area contributed by atoms with Crippen LogP contribution in [-0.2, 0) is 13.6 Å². The van der Waals surface area contributed by atoms with E-state index in [1.807, 2.05) is 13.8 Å². The molecule has 7 nitrogen and oxygen atoms in total. The van der Waals surface area contributed by atoms with E-state index in [0.29, 0.717) is 12.2 Å². The molecule has 126 valence electrons. The molecule has 3 aromatic rings. The van der Waals surface area contributed by atoms with Crippen LogP contribution in [0.1, 0.15) is 13.8 Å². The van der Waals surface area contributed by atoms with Crippen LogP contribution in [0.3, 0.4) is 0 Å². The van der Waals surface area contributed by atoms with Gasteiger partial charge in [0.05, 0.1) is 12.0 Å². The zero-order valence-electron chi connectivity index (χ0n) is 13.6. The summed E-state index contributed by atoms with van der Waals surface area (Å²) in [6, 6.07) is 1.80. The number of thiazole rings is 1. The van der Waals surface area contributed by atoms with Gasteiger partial charge in [0.15, 0.2) is 0 Å². The van der Waals surface area contributed by atoms with Gasteiger partial charge in [-0.15, -0.1) is 11.3 Å². The minimum Gasteiger partial charge on any atom is -0.472 e. The van der Waals surface area contributed by atoms with E-state index >= 15 is 0 Å². The van der Waals surface area contributed by atoms with E-state index in [-0.39, 0.29) is 17.3 Å². The molecule has 0 unspecified atom stereocenters. The van der Waals surface area contributed by atoms with Crippen LogP contribution in [0, 0.1) is 5.92 Å². The summed E-state index contributed by atoms with van der Waals surface area (Å²) >= 11 is 1.39. The second-order valence-electron chi connectivity index (χ2n) is 5.96. The molecule has 0 radical (unpaired) electrons. The first-order valence-electron chi connectivity index (χ1n) is 7.48. The van der Waals surface area contributed by atoms with Gasteiger partial charge < -0.3 is 10.2 Å². The Bertz CT molecular complexity index is 980. The predicted octanol–water partition coefficient (Wildman–Crippen LogP) is 2.17. The maximum absolute atomic E-state index is 12.6. The zero-order valence-corrected chi connectivity index (χ0v) is 14.5. The number of nitrogens with zero attached hydrogens (tertiary/aromatic N) is 3. The number of nitrogen functional groups attached to an aromatic ring is 1. The number of hydrogen-bond acceptors (Lipinski definition) is 6. The number of anilines is 1. The van der Waals surface area contributed by atoms with Crippen LogP contribution < -0.4 is 17.0 Å². The van der Waals surface area contributed by atoms with Gasteiger partial charge in [0, 0.05) is 24.5 Å². The lowest BCUT2D eigenvalue weighted by atomic mass is 10.2. The summed E-state index contributed by atoms with van der Waals surface area (Å²) in [4.78, 5) is 29.4. The molecule has 0 saturated carbocycles. The van der Waals surface area contributed by atoms with Gasteiger partial charge in [-0.2, -0.15) is 0 Å². The molecule has 0 aliphatic heterocycles. The van der Waals surface area contributed by atoms with Crippen molar-refractivity contribution in [3.8, 4) is 21.8 Å². The molecule has 0 bridgehead atoms. The van der Waals surface area contributed by atoms with E-state index in [2.05, 4.69) is 4.98 Å². The van der Waals surface area contributed by atoms with Gasteiger partial charge in [-0.1, -0.05) is 13.8 Å². The van der Waals surface area contributed by atoms with E-state index in [0.717, 1.165) is 15.1 Å². The van der Waals surface area contributed by atoms with Crippen LogP contribution in [0.15, 0.2) is 38.0 Å². The van der Waals surface area contributed by atoms with Gasteiger partial charge in [0.2, 0.25) is 0 Å². The first kappa shape index (κ1) is 16.3. The quantitative estimate of drug-likeness (QED) is 0.781. The molecular weight excluding hydrogens is 328 g/mol. The Morgan fingerprint density at radius 2 is 2.12 bits per heavy atom. The molecule has 3 heterocycles. The van der Waals surface area contributed by atoms with Crippen LogP contribution in [-0.4, -0.2) is 14.1 Å². The van der Waals surface area contributed by atoms with Crippen LogP contribution >= 0.6 is 11.3 Å². The molecule has 0 saturated heterocycles. The highest BCUT2D eigenvalue weighted by Crippen LogP contribution is 2.29. The fourth-order valence-electron chi connectivity index (χ4n) is 2.47. The topological polar surface area (TPSA) is 96.1 Å². The molecule has 0 aromatic carbocycles. The number of nitrogens with two attached hydrogens (primary N) is 1. The van der Waals surface area contributed by atoms with Crippen molar-refractivity contribution in [1.29, 1.82) is 0 Å². The molecule has 3 rings (SSSR count). The van der Waals surface area contributed by atoms with Crippen LogP contribution in [0.4, 0.5) is 5.82 Å². The fraction of sp³-hybridized carbons (Fsp3) is 0.312. The Balaban J connectivity index is 2.19. The third-order valence-electron chi connectivity index (χ3n) is 3.66. The van der Waals surface area contributed by atoms with E-state index < -0.39 is 11.2 Å². The fourth-order valence-corrected chi connectivity index (χ4v) is 3.27. The normalized spacial score (nSPS) is 11.3. The molecule has 8 heteroatoms. The monoisotopic (exact) mass is 346 g/mol. The van der Waals surface area contributed by atoms with E-state index in [1.165, 1.54) is 23.0 Å². The Morgan fingerprint density at radius 1 is 1.38 bits per heavy atom. The number of aromatic nitrogens is 3. The summed E-state index contributed by atoms with van der Waals surface area (Å²) in [7, 11) is 1.45. The standard InChI is InChI=1S/C16H18N4O3S/c1-9(2)6-20-13(17)12(15(21)19(3)16(20)22)11-8-24-14(18-11)10-4-5-23-7-10/h4-5,7-9H,6,17H2,1-3H3. The molecular formula is C16H18N4O3S.